The Morgan fingerprint density at radius 2 is 1.76 bits per heavy atom. The highest BCUT2D eigenvalue weighted by atomic mass is 127. The Balaban J connectivity index is 2.43. The summed E-state index contributed by atoms with van der Waals surface area (Å²) in [7, 11) is 0. The van der Waals surface area contributed by atoms with Gasteiger partial charge >= 0.3 is 0 Å². The van der Waals surface area contributed by atoms with Crippen molar-refractivity contribution in [3.63, 3.8) is 0 Å². The first-order chi connectivity index (χ1) is 8.08. The first-order valence-corrected chi connectivity index (χ1v) is 7.19. The highest BCUT2D eigenvalue weighted by Crippen LogP contribution is 2.35. The van der Waals surface area contributed by atoms with Crippen molar-refractivity contribution >= 4 is 57.4 Å². The van der Waals surface area contributed by atoms with Crippen molar-refractivity contribution in [2.75, 3.05) is 0 Å². The Hall–Kier alpha value is 0.0400. The first-order valence-electron chi connectivity index (χ1n) is 4.92. The van der Waals surface area contributed by atoms with Gasteiger partial charge in [-0.3, -0.25) is 0 Å². The predicted octanol–water partition coefficient (Wildman–Crippen LogP) is 5.93. The van der Waals surface area contributed by atoms with E-state index in [4.69, 9.17) is 34.8 Å². The van der Waals surface area contributed by atoms with Crippen molar-refractivity contribution in [3.8, 4) is 0 Å². The van der Waals surface area contributed by atoms with E-state index < -0.39 is 0 Å². The summed E-state index contributed by atoms with van der Waals surface area (Å²) in [5.41, 5.74) is 1.85. The summed E-state index contributed by atoms with van der Waals surface area (Å²) >= 11 is 20.8. The van der Waals surface area contributed by atoms with Crippen molar-refractivity contribution in [2.45, 2.75) is 5.38 Å². The van der Waals surface area contributed by atoms with Gasteiger partial charge in [0.2, 0.25) is 0 Å². The van der Waals surface area contributed by atoms with Gasteiger partial charge in [-0.25, -0.2) is 0 Å². The number of rotatable bonds is 2. The molecule has 2 rings (SSSR count). The molecule has 0 saturated heterocycles. The molecule has 0 heterocycles. The van der Waals surface area contributed by atoms with Crippen LogP contribution in [0.2, 0.25) is 10.0 Å². The van der Waals surface area contributed by atoms with Gasteiger partial charge in [0.15, 0.2) is 0 Å². The second kappa shape index (κ2) is 5.79. The van der Waals surface area contributed by atoms with Crippen molar-refractivity contribution < 1.29 is 0 Å². The van der Waals surface area contributed by atoms with Crippen LogP contribution in [0, 0.1) is 3.57 Å². The summed E-state index contributed by atoms with van der Waals surface area (Å²) < 4.78 is 1.14. The fraction of sp³-hybridized carbons (Fsp3) is 0.0769. The van der Waals surface area contributed by atoms with Crippen molar-refractivity contribution in [3.05, 3.63) is 67.2 Å². The van der Waals surface area contributed by atoms with Gasteiger partial charge in [0.05, 0.1) is 5.38 Å². The van der Waals surface area contributed by atoms with Gasteiger partial charge in [-0.2, -0.15) is 0 Å². The molecule has 4 heteroatoms. The van der Waals surface area contributed by atoms with Crippen molar-refractivity contribution in [1.29, 1.82) is 0 Å². The van der Waals surface area contributed by atoms with E-state index in [-0.39, 0.29) is 5.38 Å². The summed E-state index contributed by atoms with van der Waals surface area (Å²) in [6, 6.07) is 13.3. The maximum Gasteiger partial charge on any atom is 0.0850 e. The minimum Gasteiger partial charge on any atom is -0.113 e. The third-order valence-electron chi connectivity index (χ3n) is 2.37. The molecule has 0 aliphatic carbocycles. The van der Waals surface area contributed by atoms with Crippen LogP contribution < -0.4 is 0 Å². The molecule has 1 atom stereocenters. The molecule has 0 aliphatic rings. The number of benzene rings is 2. The van der Waals surface area contributed by atoms with Gasteiger partial charge in [0, 0.05) is 13.6 Å². The lowest BCUT2D eigenvalue weighted by atomic mass is 10.0. The van der Waals surface area contributed by atoms with Gasteiger partial charge in [-0.05, 0) is 64.0 Å². The molecular formula is C13H8Cl3I. The van der Waals surface area contributed by atoms with Gasteiger partial charge in [0.1, 0.15) is 0 Å². The lowest BCUT2D eigenvalue weighted by Gasteiger charge is -2.12. The van der Waals surface area contributed by atoms with Gasteiger partial charge < -0.3 is 0 Å². The average Bonchev–Trinajstić information content (AvgIpc) is 2.31. The molecule has 1 unspecified atom stereocenters. The highest BCUT2D eigenvalue weighted by molar-refractivity contribution is 14.1. The van der Waals surface area contributed by atoms with Crippen LogP contribution in [0.25, 0.3) is 0 Å². The Labute approximate surface area is 129 Å². The zero-order valence-electron chi connectivity index (χ0n) is 8.63. The van der Waals surface area contributed by atoms with Crippen LogP contribution in [-0.4, -0.2) is 0 Å². The standard InChI is InChI=1S/C13H8Cl3I/c14-9-4-5-12(15)11(7-9)13(16)8-2-1-3-10(17)6-8/h1-7,13H. The van der Waals surface area contributed by atoms with Crippen LogP contribution in [0.1, 0.15) is 16.5 Å². The SMILES string of the molecule is Clc1ccc(Cl)c(C(Cl)c2cccc(I)c2)c1. The molecule has 88 valence electrons. The quantitative estimate of drug-likeness (QED) is 0.435. The molecule has 0 bridgehead atoms. The second-order valence-corrected chi connectivity index (χ2v) is 6.11. The maximum atomic E-state index is 6.43. The van der Waals surface area contributed by atoms with E-state index in [0.29, 0.717) is 10.0 Å². The van der Waals surface area contributed by atoms with Crippen LogP contribution >= 0.6 is 57.4 Å². The smallest absolute Gasteiger partial charge is 0.0850 e. The minimum absolute atomic E-state index is 0.282. The largest absolute Gasteiger partial charge is 0.113 e. The Kier molecular flexibility index (Phi) is 4.59. The van der Waals surface area contributed by atoms with E-state index >= 15 is 0 Å². The summed E-state index contributed by atoms with van der Waals surface area (Å²) in [6.07, 6.45) is 0. The molecule has 0 aromatic heterocycles. The van der Waals surface area contributed by atoms with E-state index in [1.807, 2.05) is 24.3 Å². The van der Waals surface area contributed by atoms with E-state index in [1.54, 1.807) is 18.2 Å². The second-order valence-electron chi connectivity index (χ2n) is 3.58. The third-order valence-corrected chi connectivity index (χ3v) is 4.11. The van der Waals surface area contributed by atoms with Gasteiger partial charge in [0.25, 0.3) is 0 Å². The van der Waals surface area contributed by atoms with E-state index in [1.165, 1.54) is 0 Å². The Morgan fingerprint density at radius 3 is 2.47 bits per heavy atom. The van der Waals surface area contributed by atoms with Crippen molar-refractivity contribution in [2.24, 2.45) is 0 Å². The predicted molar refractivity (Wildman–Crippen MR) is 83.3 cm³/mol. The molecular weight excluding hydrogens is 389 g/mol. The van der Waals surface area contributed by atoms with E-state index in [9.17, 15) is 0 Å². The Bertz CT molecular complexity index is 540. The van der Waals surface area contributed by atoms with Gasteiger partial charge in [-0.1, -0.05) is 35.3 Å². The van der Waals surface area contributed by atoms with Crippen LogP contribution in [0.5, 0.6) is 0 Å². The van der Waals surface area contributed by atoms with Crippen LogP contribution in [-0.2, 0) is 0 Å². The molecule has 0 spiro atoms. The fourth-order valence-electron chi connectivity index (χ4n) is 1.55. The molecule has 0 nitrogen and oxygen atoms in total. The van der Waals surface area contributed by atoms with Gasteiger partial charge in [-0.15, -0.1) is 11.6 Å². The molecule has 0 aliphatic heterocycles. The number of hydrogen-bond acceptors (Lipinski definition) is 0. The van der Waals surface area contributed by atoms with E-state index in [0.717, 1.165) is 14.7 Å². The van der Waals surface area contributed by atoms with Crippen molar-refractivity contribution in [1.82, 2.24) is 0 Å². The monoisotopic (exact) mass is 396 g/mol. The third kappa shape index (κ3) is 3.28. The topological polar surface area (TPSA) is 0 Å². The summed E-state index contributed by atoms with van der Waals surface area (Å²) in [5, 5.41) is 0.991. The highest BCUT2D eigenvalue weighted by Gasteiger charge is 2.14. The summed E-state index contributed by atoms with van der Waals surface area (Å²) in [6.45, 7) is 0. The number of alkyl halides is 1. The van der Waals surface area contributed by atoms with Crippen LogP contribution in [0.3, 0.4) is 0 Å². The van der Waals surface area contributed by atoms with E-state index in [2.05, 4.69) is 22.6 Å². The average molecular weight is 397 g/mol. The molecule has 2 aromatic carbocycles. The molecule has 2 aromatic rings. The fourth-order valence-corrected chi connectivity index (χ4v) is 2.90. The zero-order valence-corrected chi connectivity index (χ0v) is 13.1. The lowest BCUT2D eigenvalue weighted by molar-refractivity contribution is 1.14. The molecule has 0 amide bonds. The number of hydrogen-bond donors (Lipinski definition) is 0. The zero-order chi connectivity index (χ0) is 12.4. The van der Waals surface area contributed by atoms with Crippen LogP contribution in [0.4, 0.5) is 0 Å². The van der Waals surface area contributed by atoms with Crippen LogP contribution in [0.15, 0.2) is 42.5 Å². The minimum atomic E-state index is -0.282. The maximum absolute atomic E-state index is 6.43. The Morgan fingerprint density at radius 1 is 1.00 bits per heavy atom. The normalized spacial score (nSPS) is 12.5. The summed E-state index contributed by atoms with van der Waals surface area (Å²) in [4.78, 5) is 0. The molecule has 0 radical (unpaired) electrons. The molecule has 0 fully saturated rings. The molecule has 0 N–H and O–H groups in total. The molecule has 17 heavy (non-hydrogen) atoms. The lowest BCUT2D eigenvalue weighted by Crippen LogP contribution is -1.95. The first kappa shape index (κ1) is 13.5. The summed E-state index contributed by atoms with van der Waals surface area (Å²) in [5.74, 6) is 0. The molecule has 0 saturated carbocycles. The number of halogens is 4.